The molecule has 1 aliphatic carbocycles. The molecule has 0 radical (unpaired) electrons. The minimum atomic E-state index is -3.37. The maximum absolute atomic E-state index is 12.3. The number of halogens is 1. The average Bonchev–Trinajstić information content (AvgIpc) is 2.69. The first-order valence-electron chi connectivity index (χ1n) is 6.09. The molecule has 3 nitrogen and oxygen atoms in total. The third-order valence-electron chi connectivity index (χ3n) is 3.62. The SMILES string of the molecule is CC1(C)CCCCC1NS(=O)(=O)c1ccc(Br)s1. The molecule has 2 rings (SSSR count). The third-order valence-corrected chi connectivity index (χ3v) is 7.21. The van der Waals surface area contributed by atoms with Crippen LogP contribution in [-0.4, -0.2) is 14.5 Å². The molecule has 1 heterocycles. The van der Waals surface area contributed by atoms with Crippen molar-refractivity contribution in [1.29, 1.82) is 0 Å². The predicted molar refractivity (Wildman–Crippen MR) is 78.4 cm³/mol. The van der Waals surface area contributed by atoms with Gasteiger partial charge in [0.25, 0.3) is 0 Å². The standard InChI is InChI=1S/C12H18BrNO2S2/c1-12(2)8-4-3-5-9(12)14-18(15,16)11-7-6-10(13)17-11/h6-7,9,14H,3-5,8H2,1-2H3. The highest BCUT2D eigenvalue weighted by Gasteiger charge is 2.35. The first kappa shape index (κ1) is 14.5. The van der Waals surface area contributed by atoms with E-state index in [0.717, 1.165) is 23.0 Å². The van der Waals surface area contributed by atoms with Crippen molar-refractivity contribution in [3.63, 3.8) is 0 Å². The smallest absolute Gasteiger partial charge is 0.207 e. The molecule has 1 N–H and O–H groups in total. The van der Waals surface area contributed by atoms with E-state index in [1.54, 1.807) is 12.1 Å². The molecule has 0 aromatic carbocycles. The molecule has 1 aliphatic rings. The van der Waals surface area contributed by atoms with Crippen LogP contribution >= 0.6 is 27.3 Å². The Morgan fingerprint density at radius 1 is 1.39 bits per heavy atom. The zero-order chi connectivity index (χ0) is 13.4. The lowest BCUT2D eigenvalue weighted by atomic mass is 9.74. The molecular weight excluding hydrogens is 334 g/mol. The summed E-state index contributed by atoms with van der Waals surface area (Å²) in [6, 6.07) is 3.45. The van der Waals surface area contributed by atoms with Crippen LogP contribution in [0.25, 0.3) is 0 Å². The summed E-state index contributed by atoms with van der Waals surface area (Å²) in [4.78, 5) is 0. The van der Waals surface area contributed by atoms with Gasteiger partial charge in [-0.15, -0.1) is 11.3 Å². The van der Waals surface area contributed by atoms with Crippen molar-refractivity contribution in [3.05, 3.63) is 15.9 Å². The van der Waals surface area contributed by atoms with Gasteiger partial charge in [0.15, 0.2) is 0 Å². The van der Waals surface area contributed by atoms with Gasteiger partial charge in [0.1, 0.15) is 4.21 Å². The molecule has 1 atom stereocenters. The molecule has 1 saturated carbocycles. The first-order chi connectivity index (χ1) is 8.31. The van der Waals surface area contributed by atoms with Crippen LogP contribution in [0.2, 0.25) is 0 Å². The Labute approximate surface area is 121 Å². The Kier molecular flexibility index (Phi) is 4.21. The number of hydrogen-bond acceptors (Lipinski definition) is 3. The molecule has 18 heavy (non-hydrogen) atoms. The number of rotatable bonds is 3. The van der Waals surface area contributed by atoms with Gasteiger partial charge < -0.3 is 0 Å². The maximum atomic E-state index is 12.3. The normalized spacial score (nSPS) is 24.1. The number of hydrogen-bond donors (Lipinski definition) is 1. The summed E-state index contributed by atoms with van der Waals surface area (Å²) in [7, 11) is -3.37. The average molecular weight is 352 g/mol. The lowest BCUT2D eigenvalue weighted by Crippen LogP contribution is -2.46. The van der Waals surface area contributed by atoms with Crippen molar-refractivity contribution in [2.24, 2.45) is 5.41 Å². The summed E-state index contributed by atoms with van der Waals surface area (Å²) in [6.07, 6.45) is 4.30. The number of nitrogens with one attached hydrogen (secondary N) is 1. The van der Waals surface area contributed by atoms with Crippen LogP contribution in [0.3, 0.4) is 0 Å². The van der Waals surface area contributed by atoms with E-state index in [1.165, 1.54) is 17.8 Å². The molecular formula is C12H18BrNO2S2. The fourth-order valence-corrected chi connectivity index (χ4v) is 5.87. The van der Waals surface area contributed by atoms with E-state index in [2.05, 4.69) is 34.5 Å². The van der Waals surface area contributed by atoms with Crippen molar-refractivity contribution in [2.75, 3.05) is 0 Å². The quantitative estimate of drug-likeness (QED) is 0.900. The summed E-state index contributed by atoms with van der Waals surface area (Å²) in [6.45, 7) is 4.29. The minimum absolute atomic E-state index is 0.0390. The van der Waals surface area contributed by atoms with Crippen LogP contribution < -0.4 is 4.72 Å². The van der Waals surface area contributed by atoms with Gasteiger partial charge in [-0.2, -0.15) is 0 Å². The number of sulfonamides is 1. The Bertz CT molecular complexity index is 522. The van der Waals surface area contributed by atoms with E-state index in [-0.39, 0.29) is 11.5 Å². The highest BCUT2D eigenvalue weighted by atomic mass is 79.9. The highest BCUT2D eigenvalue weighted by Crippen LogP contribution is 2.36. The van der Waals surface area contributed by atoms with Gasteiger partial charge >= 0.3 is 0 Å². The van der Waals surface area contributed by atoms with Crippen molar-refractivity contribution >= 4 is 37.3 Å². The van der Waals surface area contributed by atoms with Crippen LogP contribution in [-0.2, 0) is 10.0 Å². The molecule has 1 fully saturated rings. The van der Waals surface area contributed by atoms with Crippen LogP contribution in [0, 0.1) is 5.41 Å². The molecule has 0 saturated heterocycles. The monoisotopic (exact) mass is 351 g/mol. The zero-order valence-electron chi connectivity index (χ0n) is 10.6. The van der Waals surface area contributed by atoms with E-state index >= 15 is 0 Å². The molecule has 0 bridgehead atoms. The number of thiophene rings is 1. The lowest BCUT2D eigenvalue weighted by molar-refractivity contribution is 0.188. The molecule has 1 unspecified atom stereocenters. The van der Waals surface area contributed by atoms with Crippen LogP contribution in [0.15, 0.2) is 20.1 Å². The summed E-state index contributed by atoms with van der Waals surface area (Å²) >= 11 is 4.55. The van der Waals surface area contributed by atoms with E-state index in [9.17, 15) is 8.42 Å². The van der Waals surface area contributed by atoms with E-state index < -0.39 is 10.0 Å². The zero-order valence-corrected chi connectivity index (χ0v) is 13.8. The van der Waals surface area contributed by atoms with Crippen LogP contribution in [0.5, 0.6) is 0 Å². The van der Waals surface area contributed by atoms with E-state index in [0.29, 0.717) is 4.21 Å². The summed E-state index contributed by atoms with van der Waals surface area (Å²) in [5.74, 6) is 0. The first-order valence-corrected chi connectivity index (χ1v) is 9.18. The van der Waals surface area contributed by atoms with Crippen LogP contribution in [0.4, 0.5) is 0 Å². The fraction of sp³-hybridized carbons (Fsp3) is 0.667. The molecule has 6 heteroatoms. The molecule has 102 valence electrons. The maximum Gasteiger partial charge on any atom is 0.250 e. The Morgan fingerprint density at radius 2 is 2.11 bits per heavy atom. The highest BCUT2D eigenvalue weighted by molar-refractivity contribution is 9.11. The second-order valence-electron chi connectivity index (χ2n) is 5.47. The van der Waals surface area contributed by atoms with Crippen molar-refractivity contribution < 1.29 is 8.42 Å². The Hall–Kier alpha value is 0.0900. The fourth-order valence-electron chi connectivity index (χ4n) is 2.40. The van der Waals surface area contributed by atoms with Gasteiger partial charge in [-0.25, -0.2) is 13.1 Å². The van der Waals surface area contributed by atoms with E-state index in [1.807, 2.05) is 0 Å². The van der Waals surface area contributed by atoms with Crippen molar-refractivity contribution in [3.8, 4) is 0 Å². The Morgan fingerprint density at radius 3 is 2.67 bits per heavy atom. The van der Waals surface area contributed by atoms with Crippen molar-refractivity contribution in [1.82, 2.24) is 4.72 Å². The third kappa shape index (κ3) is 3.15. The van der Waals surface area contributed by atoms with Gasteiger partial charge in [0.2, 0.25) is 10.0 Å². The molecule has 1 aromatic rings. The van der Waals surface area contributed by atoms with Crippen molar-refractivity contribution in [2.45, 2.75) is 49.8 Å². The van der Waals surface area contributed by atoms with Crippen LogP contribution in [0.1, 0.15) is 39.5 Å². The van der Waals surface area contributed by atoms with Gasteiger partial charge in [-0.1, -0.05) is 26.7 Å². The van der Waals surface area contributed by atoms with Gasteiger partial charge in [0.05, 0.1) is 3.79 Å². The van der Waals surface area contributed by atoms with Gasteiger partial charge in [0, 0.05) is 6.04 Å². The second kappa shape index (κ2) is 5.23. The lowest BCUT2D eigenvalue weighted by Gasteiger charge is -2.38. The summed E-state index contributed by atoms with van der Waals surface area (Å²) in [5.41, 5.74) is 0.0415. The largest absolute Gasteiger partial charge is 0.250 e. The molecule has 0 aliphatic heterocycles. The second-order valence-corrected chi connectivity index (χ2v) is 9.87. The molecule has 1 aromatic heterocycles. The van der Waals surface area contributed by atoms with E-state index in [4.69, 9.17) is 0 Å². The summed E-state index contributed by atoms with van der Waals surface area (Å²) < 4.78 is 28.7. The Balaban J connectivity index is 2.17. The molecule has 0 spiro atoms. The predicted octanol–water partition coefficient (Wildman–Crippen LogP) is 3.76. The van der Waals surface area contributed by atoms with Gasteiger partial charge in [-0.05, 0) is 46.3 Å². The van der Waals surface area contributed by atoms with Gasteiger partial charge in [-0.3, -0.25) is 0 Å². The molecule has 0 amide bonds. The minimum Gasteiger partial charge on any atom is -0.207 e. The topological polar surface area (TPSA) is 46.2 Å². The summed E-state index contributed by atoms with van der Waals surface area (Å²) in [5, 5.41) is 0.